The van der Waals surface area contributed by atoms with Crippen LogP contribution in [0.4, 0.5) is 0 Å². The quantitative estimate of drug-likeness (QED) is 0.753. The minimum absolute atomic E-state index is 0.00593. The van der Waals surface area contributed by atoms with E-state index in [0.717, 1.165) is 5.56 Å². The molecule has 6 nitrogen and oxygen atoms in total. The van der Waals surface area contributed by atoms with Crippen LogP contribution in [0.1, 0.15) is 5.56 Å². The number of carbonyl (C=O) groups excluding carboxylic acids is 2. The topological polar surface area (TPSA) is 81.9 Å². The number of benzene rings is 1. The molecule has 0 saturated carbocycles. The minimum atomic E-state index is -0.679. The van der Waals surface area contributed by atoms with E-state index in [1.807, 2.05) is 0 Å². The van der Waals surface area contributed by atoms with Crippen molar-refractivity contribution >= 4 is 11.9 Å². The lowest BCUT2D eigenvalue weighted by molar-refractivity contribution is -0.142. The van der Waals surface area contributed by atoms with Crippen molar-refractivity contribution in [2.75, 3.05) is 27.8 Å². The first-order chi connectivity index (χ1) is 9.43. The molecule has 1 atom stereocenters. The van der Waals surface area contributed by atoms with Crippen molar-refractivity contribution in [3.8, 4) is 5.75 Å². The molecule has 1 rings (SSSR count). The molecule has 1 unspecified atom stereocenters. The van der Waals surface area contributed by atoms with E-state index < -0.39 is 12.0 Å². The smallest absolute Gasteiger partial charge is 0.322 e. The molecule has 0 saturated heterocycles. The summed E-state index contributed by atoms with van der Waals surface area (Å²) in [5.74, 6) is 0.0410. The van der Waals surface area contributed by atoms with E-state index in [4.69, 9.17) is 10.5 Å². The molecule has 0 aliphatic heterocycles. The van der Waals surface area contributed by atoms with Crippen molar-refractivity contribution in [1.29, 1.82) is 0 Å². The van der Waals surface area contributed by atoms with E-state index >= 15 is 0 Å². The molecule has 2 N–H and O–H groups in total. The van der Waals surface area contributed by atoms with Crippen LogP contribution in [0, 0.1) is 0 Å². The van der Waals surface area contributed by atoms with Gasteiger partial charge in [0, 0.05) is 14.1 Å². The van der Waals surface area contributed by atoms with E-state index in [2.05, 4.69) is 4.74 Å². The molecule has 0 heterocycles. The first-order valence-corrected chi connectivity index (χ1v) is 6.19. The monoisotopic (exact) mass is 280 g/mol. The second kappa shape index (κ2) is 7.49. The zero-order chi connectivity index (χ0) is 15.1. The summed E-state index contributed by atoms with van der Waals surface area (Å²) in [5, 5.41) is 0. The Bertz CT molecular complexity index is 457. The van der Waals surface area contributed by atoms with Gasteiger partial charge in [0.2, 0.25) is 0 Å². The Kier molecular flexibility index (Phi) is 5.99. The maximum Gasteiger partial charge on any atom is 0.322 e. The van der Waals surface area contributed by atoms with Gasteiger partial charge in [-0.1, -0.05) is 12.1 Å². The van der Waals surface area contributed by atoms with Gasteiger partial charge in [0.1, 0.15) is 11.8 Å². The van der Waals surface area contributed by atoms with Gasteiger partial charge in [-0.25, -0.2) is 0 Å². The van der Waals surface area contributed by atoms with Gasteiger partial charge < -0.3 is 20.1 Å². The number of likely N-dealkylation sites (N-methyl/N-ethyl adjacent to an activating group) is 1. The molecule has 0 aliphatic carbocycles. The molecule has 110 valence electrons. The summed E-state index contributed by atoms with van der Waals surface area (Å²) in [6.07, 6.45) is 0.392. The van der Waals surface area contributed by atoms with Crippen LogP contribution in [0.15, 0.2) is 24.3 Å². The Morgan fingerprint density at radius 2 is 1.85 bits per heavy atom. The van der Waals surface area contributed by atoms with E-state index in [0.29, 0.717) is 12.2 Å². The molecule has 0 fully saturated rings. The third-order valence-electron chi connectivity index (χ3n) is 2.74. The largest absolute Gasteiger partial charge is 0.484 e. The third-order valence-corrected chi connectivity index (χ3v) is 2.74. The summed E-state index contributed by atoms with van der Waals surface area (Å²) >= 11 is 0. The Morgan fingerprint density at radius 1 is 1.25 bits per heavy atom. The summed E-state index contributed by atoms with van der Waals surface area (Å²) in [4.78, 5) is 24.0. The number of methoxy groups -OCH3 is 1. The number of carbonyl (C=O) groups is 2. The van der Waals surface area contributed by atoms with Crippen molar-refractivity contribution in [2.45, 2.75) is 12.5 Å². The van der Waals surface area contributed by atoms with Gasteiger partial charge in [0.15, 0.2) is 6.61 Å². The van der Waals surface area contributed by atoms with Gasteiger partial charge in [0.25, 0.3) is 5.91 Å². The van der Waals surface area contributed by atoms with Crippen LogP contribution < -0.4 is 10.5 Å². The maximum atomic E-state index is 11.4. The molecule has 0 bridgehead atoms. The fourth-order valence-corrected chi connectivity index (χ4v) is 1.48. The van der Waals surface area contributed by atoms with Crippen LogP contribution in [-0.4, -0.2) is 50.6 Å². The van der Waals surface area contributed by atoms with Gasteiger partial charge in [-0.15, -0.1) is 0 Å². The Morgan fingerprint density at radius 3 is 2.35 bits per heavy atom. The van der Waals surface area contributed by atoms with E-state index in [-0.39, 0.29) is 12.5 Å². The molecule has 6 heteroatoms. The lowest BCUT2D eigenvalue weighted by atomic mass is 10.1. The van der Waals surface area contributed by atoms with Crippen molar-refractivity contribution < 1.29 is 19.1 Å². The molecule has 0 aliphatic rings. The lowest BCUT2D eigenvalue weighted by Crippen LogP contribution is -2.33. The second-order valence-corrected chi connectivity index (χ2v) is 4.55. The number of rotatable bonds is 6. The zero-order valence-electron chi connectivity index (χ0n) is 12.0. The average molecular weight is 280 g/mol. The maximum absolute atomic E-state index is 11.4. The molecule has 1 aromatic rings. The summed E-state index contributed by atoms with van der Waals surface area (Å²) in [7, 11) is 4.65. The Hall–Kier alpha value is -2.08. The first-order valence-electron chi connectivity index (χ1n) is 6.19. The van der Waals surface area contributed by atoms with E-state index in [9.17, 15) is 9.59 Å². The second-order valence-electron chi connectivity index (χ2n) is 4.55. The minimum Gasteiger partial charge on any atom is -0.484 e. The molecule has 1 aromatic carbocycles. The first kappa shape index (κ1) is 16.0. The molecule has 0 aromatic heterocycles. The lowest BCUT2D eigenvalue weighted by Gasteiger charge is -2.12. The van der Waals surface area contributed by atoms with Crippen LogP contribution in [0.25, 0.3) is 0 Å². The van der Waals surface area contributed by atoms with E-state index in [1.54, 1.807) is 38.4 Å². The Labute approximate surface area is 118 Å². The predicted molar refractivity (Wildman–Crippen MR) is 74.3 cm³/mol. The number of nitrogens with two attached hydrogens (primary N) is 1. The highest BCUT2D eigenvalue weighted by molar-refractivity contribution is 5.77. The number of ether oxygens (including phenoxy) is 2. The number of hydrogen-bond acceptors (Lipinski definition) is 5. The number of hydrogen-bond donors (Lipinski definition) is 1. The van der Waals surface area contributed by atoms with Crippen molar-refractivity contribution in [1.82, 2.24) is 4.90 Å². The molecule has 1 amide bonds. The van der Waals surface area contributed by atoms with E-state index in [1.165, 1.54) is 12.0 Å². The van der Waals surface area contributed by atoms with Gasteiger partial charge in [0.05, 0.1) is 7.11 Å². The molecule has 0 spiro atoms. The summed E-state index contributed by atoms with van der Waals surface area (Å²) in [6.45, 7) is -0.00593. The molecule has 0 radical (unpaired) electrons. The van der Waals surface area contributed by atoms with Crippen molar-refractivity contribution in [3.05, 3.63) is 29.8 Å². The van der Waals surface area contributed by atoms with Crippen LogP contribution in [0.3, 0.4) is 0 Å². The summed E-state index contributed by atoms with van der Waals surface area (Å²) in [5.41, 5.74) is 6.57. The highest BCUT2D eigenvalue weighted by atomic mass is 16.5. The number of esters is 1. The summed E-state index contributed by atoms with van der Waals surface area (Å²) < 4.78 is 9.91. The SMILES string of the molecule is COC(=O)C(N)Cc1ccc(OCC(=O)N(C)C)cc1. The van der Waals surface area contributed by atoms with Gasteiger partial charge >= 0.3 is 5.97 Å². The van der Waals surface area contributed by atoms with Gasteiger partial charge in [-0.3, -0.25) is 9.59 Å². The van der Waals surface area contributed by atoms with Crippen LogP contribution in [0.2, 0.25) is 0 Å². The predicted octanol–water partition coefficient (Wildman–Crippen LogP) is 0.196. The fourth-order valence-electron chi connectivity index (χ4n) is 1.48. The van der Waals surface area contributed by atoms with Crippen molar-refractivity contribution in [3.63, 3.8) is 0 Å². The fraction of sp³-hybridized carbons (Fsp3) is 0.429. The van der Waals surface area contributed by atoms with Crippen LogP contribution in [0.5, 0.6) is 5.75 Å². The van der Waals surface area contributed by atoms with Crippen LogP contribution >= 0.6 is 0 Å². The summed E-state index contributed by atoms with van der Waals surface area (Å²) in [6, 6.07) is 6.41. The zero-order valence-corrected chi connectivity index (χ0v) is 12.0. The number of nitrogens with zero attached hydrogens (tertiary/aromatic N) is 1. The third kappa shape index (κ3) is 4.89. The standard InChI is InChI=1S/C14H20N2O4/c1-16(2)13(17)9-20-11-6-4-10(5-7-11)8-12(15)14(18)19-3/h4-7,12H,8-9,15H2,1-3H3. The normalized spacial score (nSPS) is 11.6. The number of amides is 1. The highest BCUT2D eigenvalue weighted by Gasteiger charge is 2.14. The van der Waals surface area contributed by atoms with Crippen LogP contribution in [-0.2, 0) is 20.7 Å². The molecular formula is C14H20N2O4. The average Bonchev–Trinajstić information content (AvgIpc) is 2.45. The Balaban J connectivity index is 2.52. The molecule has 20 heavy (non-hydrogen) atoms. The molecular weight excluding hydrogens is 260 g/mol. The van der Waals surface area contributed by atoms with Gasteiger partial charge in [-0.05, 0) is 24.1 Å². The highest BCUT2D eigenvalue weighted by Crippen LogP contribution is 2.13. The van der Waals surface area contributed by atoms with Gasteiger partial charge in [-0.2, -0.15) is 0 Å². The van der Waals surface area contributed by atoms with Crippen molar-refractivity contribution in [2.24, 2.45) is 5.73 Å².